The molecule has 0 atom stereocenters. The molecule has 0 aliphatic rings. The summed E-state index contributed by atoms with van der Waals surface area (Å²) in [7, 11) is 3.37. The van der Waals surface area contributed by atoms with Crippen LogP contribution in [-0.4, -0.2) is 23.0 Å². The van der Waals surface area contributed by atoms with Crippen molar-refractivity contribution in [3.8, 4) is 22.8 Å². The summed E-state index contributed by atoms with van der Waals surface area (Å²) in [6.45, 7) is 0. The third-order valence-electron chi connectivity index (χ3n) is 3.43. The summed E-state index contributed by atoms with van der Waals surface area (Å²) >= 11 is 0. The number of para-hydroxylation sites is 1. The van der Waals surface area contributed by atoms with Gasteiger partial charge in [0.25, 0.3) is 0 Å². The maximum Gasteiger partial charge on any atom is 0.418 e. The van der Waals surface area contributed by atoms with E-state index in [-0.39, 0.29) is 0 Å². The molecule has 0 bridgehead atoms. The molecule has 6 nitrogen and oxygen atoms in total. The van der Waals surface area contributed by atoms with Crippen LogP contribution in [0, 0.1) is 0 Å². The van der Waals surface area contributed by atoms with Crippen molar-refractivity contribution in [1.29, 1.82) is 0 Å². The van der Waals surface area contributed by atoms with Crippen molar-refractivity contribution < 1.29 is 14.3 Å². The van der Waals surface area contributed by atoms with Crippen LogP contribution in [0.2, 0.25) is 0 Å². The van der Waals surface area contributed by atoms with E-state index in [1.54, 1.807) is 49.2 Å². The van der Waals surface area contributed by atoms with E-state index >= 15 is 0 Å². The highest BCUT2D eigenvalue weighted by Gasteiger charge is 2.12. The summed E-state index contributed by atoms with van der Waals surface area (Å²) in [6, 6.07) is 18.2. The van der Waals surface area contributed by atoms with Gasteiger partial charge in [-0.05, 0) is 24.3 Å². The predicted octanol–water partition coefficient (Wildman–Crippen LogP) is 3.71. The highest BCUT2D eigenvalue weighted by Crippen LogP contribution is 2.25. The summed E-state index contributed by atoms with van der Waals surface area (Å²) in [4.78, 5) is 12.0. The number of amides is 1. The summed E-state index contributed by atoms with van der Waals surface area (Å²) in [5.41, 5.74) is 1.63. The molecule has 1 amide bonds. The molecule has 3 rings (SSSR count). The van der Waals surface area contributed by atoms with Gasteiger partial charge < -0.3 is 9.47 Å². The Hall–Kier alpha value is -3.28. The Morgan fingerprint density at radius 1 is 1.04 bits per heavy atom. The highest BCUT2D eigenvalue weighted by molar-refractivity contribution is 5.86. The number of ether oxygens (including phenoxy) is 2. The van der Waals surface area contributed by atoms with E-state index in [4.69, 9.17) is 9.47 Å². The Bertz CT molecular complexity index is 844. The first kappa shape index (κ1) is 15.6. The Labute approximate surface area is 139 Å². The van der Waals surface area contributed by atoms with Gasteiger partial charge in [0.1, 0.15) is 17.3 Å². The van der Waals surface area contributed by atoms with Crippen LogP contribution < -0.4 is 14.8 Å². The molecule has 0 fully saturated rings. The second-order valence-electron chi connectivity index (χ2n) is 5.10. The van der Waals surface area contributed by atoms with Crippen molar-refractivity contribution in [2.45, 2.75) is 0 Å². The SMILES string of the molecule is COc1cccc(-c2cc(NC(=O)Oc3ccccc3)n(C)n2)c1. The zero-order valence-corrected chi connectivity index (χ0v) is 13.4. The van der Waals surface area contributed by atoms with Gasteiger partial charge in [0.2, 0.25) is 0 Å². The molecule has 0 saturated heterocycles. The molecule has 24 heavy (non-hydrogen) atoms. The molecule has 6 heteroatoms. The Balaban J connectivity index is 1.75. The largest absolute Gasteiger partial charge is 0.497 e. The predicted molar refractivity (Wildman–Crippen MR) is 91.3 cm³/mol. The van der Waals surface area contributed by atoms with E-state index in [2.05, 4.69) is 10.4 Å². The minimum Gasteiger partial charge on any atom is -0.497 e. The number of nitrogens with one attached hydrogen (secondary N) is 1. The molecule has 1 aromatic heterocycles. The molecule has 2 aromatic carbocycles. The number of nitrogens with zero attached hydrogens (tertiary/aromatic N) is 2. The lowest BCUT2D eigenvalue weighted by molar-refractivity contribution is 0.215. The van der Waals surface area contributed by atoms with E-state index < -0.39 is 6.09 Å². The van der Waals surface area contributed by atoms with Crippen LogP contribution >= 0.6 is 0 Å². The van der Waals surface area contributed by atoms with Gasteiger partial charge in [-0.15, -0.1) is 0 Å². The highest BCUT2D eigenvalue weighted by atomic mass is 16.6. The van der Waals surface area contributed by atoms with Crippen molar-refractivity contribution in [3.05, 3.63) is 60.7 Å². The second kappa shape index (κ2) is 6.87. The minimum atomic E-state index is -0.568. The number of benzene rings is 2. The lowest BCUT2D eigenvalue weighted by Crippen LogP contribution is -2.18. The quantitative estimate of drug-likeness (QED) is 0.795. The fourth-order valence-corrected chi connectivity index (χ4v) is 2.23. The summed E-state index contributed by atoms with van der Waals surface area (Å²) in [6.07, 6.45) is -0.568. The van der Waals surface area contributed by atoms with E-state index in [0.29, 0.717) is 11.6 Å². The van der Waals surface area contributed by atoms with Crippen LogP contribution in [0.1, 0.15) is 0 Å². The molecular formula is C18H17N3O3. The number of hydrogen-bond donors (Lipinski definition) is 1. The van der Waals surface area contributed by atoms with Gasteiger partial charge in [0.05, 0.1) is 12.8 Å². The third kappa shape index (κ3) is 3.55. The maximum absolute atomic E-state index is 12.0. The smallest absolute Gasteiger partial charge is 0.418 e. The van der Waals surface area contributed by atoms with Crippen LogP contribution in [0.25, 0.3) is 11.3 Å². The monoisotopic (exact) mass is 323 g/mol. The van der Waals surface area contributed by atoms with E-state index in [1.165, 1.54) is 0 Å². The molecule has 0 aliphatic heterocycles. The summed E-state index contributed by atoms with van der Waals surface area (Å²) in [5.74, 6) is 1.76. The van der Waals surface area contributed by atoms with Crippen molar-refractivity contribution in [2.75, 3.05) is 12.4 Å². The van der Waals surface area contributed by atoms with Crippen LogP contribution in [0.15, 0.2) is 60.7 Å². The molecule has 122 valence electrons. The van der Waals surface area contributed by atoms with Gasteiger partial charge in [0, 0.05) is 18.7 Å². The molecule has 1 N–H and O–H groups in total. The Kier molecular flexibility index (Phi) is 4.47. The van der Waals surface area contributed by atoms with Crippen molar-refractivity contribution in [3.63, 3.8) is 0 Å². The number of methoxy groups -OCH3 is 1. The lowest BCUT2D eigenvalue weighted by atomic mass is 10.1. The topological polar surface area (TPSA) is 65.4 Å². The van der Waals surface area contributed by atoms with E-state index in [0.717, 1.165) is 17.0 Å². The number of carbonyl (C=O) groups is 1. The first-order valence-electron chi connectivity index (χ1n) is 7.38. The van der Waals surface area contributed by atoms with Gasteiger partial charge in [-0.3, -0.25) is 10.00 Å². The van der Waals surface area contributed by atoms with Gasteiger partial charge in [-0.1, -0.05) is 30.3 Å². The first-order valence-corrected chi connectivity index (χ1v) is 7.38. The van der Waals surface area contributed by atoms with E-state index in [1.807, 2.05) is 30.3 Å². The van der Waals surface area contributed by atoms with Crippen LogP contribution in [0.3, 0.4) is 0 Å². The van der Waals surface area contributed by atoms with Gasteiger partial charge in [-0.2, -0.15) is 5.10 Å². The number of aromatic nitrogens is 2. The normalized spacial score (nSPS) is 10.2. The molecule has 0 aliphatic carbocycles. The molecule has 1 heterocycles. The number of hydrogen-bond acceptors (Lipinski definition) is 4. The zero-order chi connectivity index (χ0) is 16.9. The second-order valence-corrected chi connectivity index (χ2v) is 5.10. The third-order valence-corrected chi connectivity index (χ3v) is 3.43. The molecule has 0 unspecified atom stereocenters. The van der Waals surface area contributed by atoms with Gasteiger partial charge >= 0.3 is 6.09 Å². The minimum absolute atomic E-state index is 0.477. The number of anilines is 1. The molecule has 0 saturated carbocycles. The average Bonchev–Trinajstić information content (AvgIpc) is 2.96. The van der Waals surface area contributed by atoms with Crippen LogP contribution in [0.5, 0.6) is 11.5 Å². The molecule has 0 spiro atoms. The zero-order valence-electron chi connectivity index (χ0n) is 13.4. The lowest BCUT2D eigenvalue weighted by Gasteiger charge is -2.05. The molecular weight excluding hydrogens is 306 g/mol. The molecule has 3 aromatic rings. The maximum atomic E-state index is 12.0. The molecule has 0 radical (unpaired) electrons. The fourth-order valence-electron chi connectivity index (χ4n) is 2.23. The number of carbonyl (C=O) groups excluding carboxylic acids is 1. The summed E-state index contributed by atoms with van der Waals surface area (Å²) in [5, 5.41) is 7.09. The summed E-state index contributed by atoms with van der Waals surface area (Å²) < 4.78 is 12.0. The Morgan fingerprint density at radius 3 is 2.54 bits per heavy atom. The van der Waals surface area contributed by atoms with Crippen molar-refractivity contribution in [2.24, 2.45) is 7.05 Å². The number of rotatable bonds is 4. The number of aryl methyl sites for hydroxylation is 1. The Morgan fingerprint density at radius 2 is 1.79 bits per heavy atom. The van der Waals surface area contributed by atoms with Crippen molar-refractivity contribution in [1.82, 2.24) is 9.78 Å². The van der Waals surface area contributed by atoms with Gasteiger partial charge in [0.15, 0.2) is 0 Å². The van der Waals surface area contributed by atoms with Crippen molar-refractivity contribution >= 4 is 11.9 Å². The van der Waals surface area contributed by atoms with Crippen LogP contribution in [-0.2, 0) is 7.05 Å². The fraction of sp³-hybridized carbons (Fsp3) is 0.111. The average molecular weight is 323 g/mol. The van der Waals surface area contributed by atoms with Gasteiger partial charge in [-0.25, -0.2) is 4.79 Å². The van der Waals surface area contributed by atoms with Crippen LogP contribution in [0.4, 0.5) is 10.6 Å². The standard InChI is InChI=1S/C18H17N3O3/c1-21-17(19-18(22)24-14-8-4-3-5-9-14)12-16(20-21)13-7-6-10-15(11-13)23-2/h3-12H,1-2H3,(H,19,22). The van der Waals surface area contributed by atoms with E-state index in [9.17, 15) is 4.79 Å². The first-order chi connectivity index (χ1) is 11.7.